The van der Waals surface area contributed by atoms with Crippen LogP contribution in [0.3, 0.4) is 0 Å². The monoisotopic (exact) mass is 411 g/mol. The number of hydrogen-bond acceptors (Lipinski definition) is 4. The molecule has 2 aliphatic rings. The summed E-state index contributed by atoms with van der Waals surface area (Å²) in [5.41, 5.74) is -0.779. The zero-order valence-corrected chi connectivity index (χ0v) is 17.3. The van der Waals surface area contributed by atoms with Gasteiger partial charge >= 0.3 is 12.1 Å². The molecule has 1 saturated carbocycles. The highest BCUT2D eigenvalue weighted by Gasteiger charge is 2.68. The summed E-state index contributed by atoms with van der Waals surface area (Å²) in [4.78, 5) is 27.2. The molecule has 1 unspecified atom stereocenters. The number of halogens is 2. The van der Waals surface area contributed by atoms with Gasteiger partial charge < -0.3 is 9.47 Å². The van der Waals surface area contributed by atoms with Crippen molar-refractivity contribution in [1.29, 1.82) is 0 Å². The quantitative estimate of drug-likeness (QED) is 0.627. The molecule has 1 aliphatic heterocycles. The fraction of sp³-hybridized carbons (Fsp3) is 0.500. The first-order valence-corrected chi connectivity index (χ1v) is 9.67. The van der Waals surface area contributed by atoms with Crippen molar-refractivity contribution in [2.24, 2.45) is 11.3 Å². The minimum Gasteiger partial charge on any atom is -0.465 e. The molecule has 3 atom stereocenters. The van der Waals surface area contributed by atoms with Crippen LogP contribution in [0.25, 0.3) is 0 Å². The van der Waals surface area contributed by atoms with E-state index in [1.807, 2.05) is 6.08 Å². The number of hydrogen-bond donors (Lipinski definition) is 0. The molecule has 1 amide bonds. The van der Waals surface area contributed by atoms with Gasteiger partial charge in [-0.15, -0.1) is 0 Å². The molecule has 7 heteroatoms. The summed E-state index contributed by atoms with van der Waals surface area (Å²) in [6, 6.07) is 4.57. The smallest absolute Gasteiger partial charge is 0.414 e. The number of amides is 1. The second kappa shape index (κ2) is 7.02. The van der Waals surface area contributed by atoms with Crippen LogP contribution in [0.15, 0.2) is 30.5 Å². The Morgan fingerprint density at radius 2 is 1.96 bits per heavy atom. The summed E-state index contributed by atoms with van der Waals surface area (Å²) in [7, 11) is 0. The van der Waals surface area contributed by atoms with E-state index in [-0.39, 0.29) is 18.5 Å². The number of allylic oxidation sites excluding steroid dienone is 1. The standard InChI is InChI=1S/C20H23Cl2NO4/c1-5-26-17(24)20-11-13(20)8-9-23(18(25)27-19(2,3)4)16(20)12-6-7-14(21)15(22)10-12/h6-10,13,16H,5,11H2,1-4H3/t13-,16?,20-/m1/s1. The van der Waals surface area contributed by atoms with E-state index >= 15 is 0 Å². The zero-order valence-electron chi connectivity index (χ0n) is 15.8. The van der Waals surface area contributed by atoms with Gasteiger partial charge in [-0.2, -0.15) is 0 Å². The molecule has 3 rings (SSSR count). The zero-order chi connectivity index (χ0) is 20.0. The predicted octanol–water partition coefficient (Wildman–Crippen LogP) is 5.37. The second-order valence-corrected chi connectivity index (χ2v) is 8.69. The van der Waals surface area contributed by atoms with Gasteiger partial charge in [0.1, 0.15) is 5.60 Å². The van der Waals surface area contributed by atoms with Gasteiger partial charge in [0.2, 0.25) is 0 Å². The third-order valence-corrected chi connectivity index (χ3v) is 5.56. The molecule has 1 heterocycles. The Balaban J connectivity index is 2.06. The van der Waals surface area contributed by atoms with Gasteiger partial charge in [0.05, 0.1) is 28.1 Å². The fourth-order valence-corrected chi connectivity index (χ4v) is 3.93. The second-order valence-electron chi connectivity index (χ2n) is 7.88. The molecular weight excluding hydrogens is 389 g/mol. The highest BCUT2D eigenvalue weighted by molar-refractivity contribution is 6.42. The molecule has 1 fully saturated rings. The predicted molar refractivity (Wildman–Crippen MR) is 104 cm³/mol. The minimum atomic E-state index is -0.835. The maximum atomic E-state index is 12.9. The number of esters is 1. The maximum absolute atomic E-state index is 12.9. The van der Waals surface area contributed by atoms with Crippen LogP contribution < -0.4 is 0 Å². The summed E-state index contributed by atoms with van der Waals surface area (Å²) in [5.74, 6) is -0.307. The van der Waals surface area contributed by atoms with Gasteiger partial charge in [-0.25, -0.2) is 4.79 Å². The third kappa shape index (κ3) is 3.67. The maximum Gasteiger partial charge on any atom is 0.414 e. The Labute approximate surface area is 169 Å². The summed E-state index contributed by atoms with van der Waals surface area (Å²) in [6.45, 7) is 7.44. The van der Waals surface area contributed by atoms with Gasteiger partial charge in [0.15, 0.2) is 0 Å². The number of carbonyl (C=O) groups is 2. The Kier molecular flexibility index (Phi) is 5.21. The van der Waals surface area contributed by atoms with E-state index in [0.717, 1.165) is 5.56 Å². The Hall–Kier alpha value is -1.72. The molecule has 0 radical (unpaired) electrons. The van der Waals surface area contributed by atoms with Crippen LogP contribution in [0, 0.1) is 11.3 Å². The van der Waals surface area contributed by atoms with Crippen LogP contribution in [0.5, 0.6) is 0 Å². The fourth-order valence-electron chi connectivity index (χ4n) is 3.62. The number of rotatable bonds is 3. The molecule has 0 N–H and O–H groups in total. The first kappa shape index (κ1) is 20.0. The summed E-state index contributed by atoms with van der Waals surface area (Å²) in [5, 5.41) is 0.775. The van der Waals surface area contributed by atoms with E-state index in [1.165, 1.54) is 4.90 Å². The number of fused-ring (bicyclic) bond motifs is 1. The van der Waals surface area contributed by atoms with Gasteiger partial charge in [-0.3, -0.25) is 9.69 Å². The minimum absolute atomic E-state index is 0.00897. The first-order valence-electron chi connectivity index (χ1n) is 8.92. The van der Waals surface area contributed by atoms with Crippen molar-refractivity contribution in [2.45, 2.75) is 45.8 Å². The average molecular weight is 412 g/mol. The molecule has 27 heavy (non-hydrogen) atoms. The van der Waals surface area contributed by atoms with Crippen molar-refractivity contribution < 1.29 is 19.1 Å². The van der Waals surface area contributed by atoms with E-state index in [1.54, 1.807) is 52.1 Å². The first-order chi connectivity index (χ1) is 12.6. The van der Waals surface area contributed by atoms with Crippen molar-refractivity contribution >= 4 is 35.3 Å². The number of ether oxygens (including phenoxy) is 2. The van der Waals surface area contributed by atoms with Crippen LogP contribution in [-0.2, 0) is 14.3 Å². The lowest BCUT2D eigenvalue weighted by Crippen LogP contribution is -2.44. The van der Waals surface area contributed by atoms with Crippen LogP contribution in [0.4, 0.5) is 4.79 Å². The Morgan fingerprint density at radius 1 is 1.26 bits per heavy atom. The highest BCUT2D eigenvalue weighted by atomic mass is 35.5. The number of benzene rings is 1. The number of nitrogens with zero attached hydrogens (tertiary/aromatic N) is 1. The number of carbonyl (C=O) groups excluding carboxylic acids is 2. The van der Waals surface area contributed by atoms with E-state index in [4.69, 9.17) is 32.7 Å². The van der Waals surface area contributed by atoms with E-state index in [0.29, 0.717) is 16.5 Å². The molecule has 146 valence electrons. The molecule has 0 saturated heterocycles. The Morgan fingerprint density at radius 3 is 2.56 bits per heavy atom. The lowest BCUT2D eigenvalue weighted by molar-refractivity contribution is -0.153. The topological polar surface area (TPSA) is 55.8 Å². The molecule has 0 aromatic heterocycles. The van der Waals surface area contributed by atoms with Gasteiger partial charge in [-0.1, -0.05) is 35.3 Å². The Bertz CT molecular complexity index is 802. The third-order valence-electron chi connectivity index (χ3n) is 4.82. The molecule has 0 spiro atoms. The van der Waals surface area contributed by atoms with Crippen molar-refractivity contribution in [3.63, 3.8) is 0 Å². The van der Waals surface area contributed by atoms with Crippen molar-refractivity contribution in [2.75, 3.05) is 6.61 Å². The van der Waals surface area contributed by atoms with Crippen LogP contribution in [-0.4, -0.2) is 29.2 Å². The molecular formula is C20H23Cl2NO4. The molecule has 1 aromatic rings. The van der Waals surface area contributed by atoms with Crippen LogP contribution >= 0.6 is 23.2 Å². The summed E-state index contributed by atoms with van der Waals surface area (Å²) < 4.78 is 10.9. The van der Waals surface area contributed by atoms with E-state index in [2.05, 4.69) is 0 Å². The summed E-state index contributed by atoms with van der Waals surface area (Å²) >= 11 is 12.3. The van der Waals surface area contributed by atoms with Crippen molar-refractivity contribution in [3.05, 3.63) is 46.1 Å². The average Bonchev–Trinajstić information content (AvgIpc) is 3.31. The van der Waals surface area contributed by atoms with E-state index < -0.39 is 23.2 Å². The molecule has 0 bridgehead atoms. The lowest BCUT2D eigenvalue weighted by Gasteiger charge is -2.38. The van der Waals surface area contributed by atoms with Crippen LogP contribution in [0.2, 0.25) is 10.0 Å². The largest absolute Gasteiger partial charge is 0.465 e. The van der Waals surface area contributed by atoms with Gasteiger partial charge in [-0.05, 0) is 57.7 Å². The highest BCUT2D eigenvalue weighted by Crippen LogP contribution is 2.66. The molecule has 5 nitrogen and oxygen atoms in total. The van der Waals surface area contributed by atoms with Crippen molar-refractivity contribution in [1.82, 2.24) is 4.90 Å². The van der Waals surface area contributed by atoms with Gasteiger partial charge in [0, 0.05) is 6.20 Å². The molecule has 1 aliphatic carbocycles. The SMILES string of the molecule is CCOC(=O)[C@]12C[C@H]1C=CN(C(=O)OC(C)(C)C)C2c1ccc(Cl)c(Cl)c1. The normalized spacial score (nSPS) is 26.4. The van der Waals surface area contributed by atoms with E-state index in [9.17, 15) is 9.59 Å². The van der Waals surface area contributed by atoms with Crippen LogP contribution in [0.1, 0.15) is 45.7 Å². The molecule has 1 aromatic carbocycles. The van der Waals surface area contributed by atoms with Gasteiger partial charge in [0.25, 0.3) is 0 Å². The van der Waals surface area contributed by atoms with Crippen molar-refractivity contribution in [3.8, 4) is 0 Å². The summed E-state index contributed by atoms with van der Waals surface area (Å²) in [6.07, 6.45) is 3.64. The lowest BCUT2D eigenvalue weighted by atomic mass is 9.85.